The summed E-state index contributed by atoms with van der Waals surface area (Å²) in [6.07, 6.45) is -1.05. The highest BCUT2D eigenvalue weighted by Gasteiger charge is 2.35. The first kappa shape index (κ1) is 16.3. The number of amides is 1. The molecule has 128 valence electrons. The van der Waals surface area contributed by atoms with Gasteiger partial charge in [0.05, 0.1) is 6.20 Å². The Labute approximate surface area is 135 Å². The lowest BCUT2D eigenvalue weighted by molar-refractivity contribution is -0.141. The third-order valence-electron chi connectivity index (χ3n) is 3.99. The molecule has 6 nitrogen and oxygen atoms in total. The molecule has 2 aromatic heterocycles. The van der Waals surface area contributed by atoms with Crippen LogP contribution in [0.2, 0.25) is 0 Å². The molecular formula is C15H15F3N4O2. The highest BCUT2D eigenvalue weighted by Crippen LogP contribution is 2.31. The van der Waals surface area contributed by atoms with E-state index < -0.39 is 17.8 Å². The van der Waals surface area contributed by atoms with Gasteiger partial charge >= 0.3 is 6.18 Å². The monoisotopic (exact) mass is 340 g/mol. The molecule has 9 heteroatoms. The summed E-state index contributed by atoms with van der Waals surface area (Å²) in [7, 11) is 0. The zero-order chi connectivity index (χ0) is 17.3. The Bertz CT molecular complexity index is 744. The number of nitrogens with zero attached hydrogens (tertiary/aromatic N) is 3. The van der Waals surface area contributed by atoms with Gasteiger partial charge in [0, 0.05) is 25.2 Å². The quantitative estimate of drug-likeness (QED) is 0.880. The number of aromatic hydroxyl groups is 1. The first-order valence-corrected chi connectivity index (χ1v) is 7.41. The lowest BCUT2D eigenvalue weighted by Gasteiger charge is -2.31. The zero-order valence-electron chi connectivity index (χ0n) is 12.5. The van der Waals surface area contributed by atoms with Crippen molar-refractivity contribution >= 4 is 5.91 Å². The van der Waals surface area contributed by atoms with Crippen LogP contribution in [0.3, 0.4) is 0 Å². The second kappa shape index (κ2) is 6.14. The van der Waals surface area contributed by atoms with Crippen LogP contribution in [0.5, 0.6) is 5.75 Å². The molecule has 1 saturated heterocycles. The van der Waals surface area contributed by atoms with Crippen LogP contribution in [-0.4, -0.2) is 44.0 Å². The smallest absolute Gasteiger partial charge is 0.432 e. The highest BCUT2D eigenvalue weighted by atomic mass is 19.4. The molecule has 1 atom stereocenters. The fourth-order valence-electron chi connectivity index (χ4n) is 2.78. The van der Waals surface area contributed by atoms with E-state index in [9.17, 15) is 23.1 Å². The van der Waals surface area contributed by atoms with Gasteiger partial charge in [0.1, 0.15) is 17.3 Å². The second-order valence-electron chi connectivity index (χ2n) is 5.64. The largest absolute Gasteiger partial charge is 0.505 e. The van der Waals surface area contributed by atoms with Gasteiger partial charge in [-0.1, -0.05) is 0 Å². The number of likely N-dealkylation sites (tertiary alicyclic amines) is 1. The Morgan fingerprint density at radius 2 is 2.17 bits per heavy atom. The summed E-state index contributed by atoms with van der Waals surface area (Å²) in [5.74, 6) is -0.767. The van der Waals surface area contributed by atoms with Crippen LogP contribution < -0.4 is 0 Å². The molecule has 3 heterocycles. The topological polar surface area (TPSA) is 82.1 Å². The van der Waals surface area contributed by atoms with E-state index in [2.05, 4.69) is 15.0 Å². The third-order valence-corrected chi connectivity index (χ3v) is 3.99. The molecule has 3 rings (SSSR count). The Kier molecular flexibility index (Phi) is 4.16. The minimum atomic E-state index is -4.48. The normalized spacial score (nSPS) is 18.6. The number of H-pyrrole nitrogens is 1. The minimum absolute atomic E-state index is 0.0615. The molecule has 0 aliphatic carbocycles. The van der Waals surface area contributed by atoms with Crippen LogP contribution in [0.1, 0.15) is 40.8 Å². The fourth-order valence-corrected chi connectivity index (χ4v) is 2.78. The van der Waals surface area contributed by atoms with Crippen molar-refractivity contribution in [1.29, 1.82) is 0 Å². The number of imidazole rings is 1. The van der Waals surface area contributed by atoms with Crippen LogP contribution in [-0.2, 0) is 6.18 Å². The maximum Gasteiger partial charge on any atom is 0.432 e. The lowest BCUT2D eigenvalue weighted by atomic mass is 9.97. The summed E-state index contributed by atoms with van der Waals surface area (Å²) in [5.41, 5.74) is -0.961. The predicted octanol–water partition coefficient (Wildman–Crippen LogP) is 2.55. The molecule has 0 spiro atoms. The van der Waals surface area contributed by atoms with E-state index in [4.69, 9.17) is 0 Å². The first-order valence-electron chi connectivity index (χ1n) is 7.41. The molecule has 2 N–H and O–H groups in total. The van der Waals surface area contributed by atoms with Gasteiger partial charge in [0.25, 0.3) is 5.91 Å². The molecule has 1 fully saturated rings. The van der Waals surface area contributed by atoms with E-state index in [0.29, 0.717) is 19.4 Å². The number of aromatic amines is 1. The number of hydrogen-bond acceptors (Lipinski definition) is 4. The molecule has 0 aromatic carbocycles. The molecule has 24 heavy (non-hydrogen) atoms. The number of piperidine rings is 1. The molecule has 1 unspecified atom stereocenters. The van der Waals surface area contributed by atoms with Gasteiger partial charge in [-0.25, -0.2) is 9.97 Å². The third kappa shape index (κ3) is 3.19. The number of aromatic nitrogens is 3. The van der Waals surface area contributed by atoms with Crippen molar-refractivity contribution in [2.45, 2.75) is 24.9 Å². The Balaban J connectivity index is 1.76. The van der Waals surface area contributed by atoms with Crippen LogP contribution in [0.25, 0.3) is 0 Å². The number of pyridine rings is 1. The minimum Gasteiger partial charge on any atom is -0.505 e. The van der Waals surface area contributed by atoms with Crippen LogP contribution in [0.15, 0.2) is 24.5 Å². The van der Waals surface area contributed by atoms with Gasteiger partial charge in [-0.05, 0) is 25.0 Å². The maximum atomic E-state index is 12.7. The predicted molar refractivity (Wildman–Crippen MR) is 77.4 cm³/mol. The van der Waals surface area contributed by atoms with Gasteiger partial charge in [-0.15, -0.1) is 0 Å². The molecule has 1 aliphatic rings. The van der Waals surface area contributed by atoms with Gasteiger partial charge in [-0.3, -0.25) is 4.79 Å². The lowest BCUT2D eigenvalue weighted by Crippen LogP contribution is -2.39. The molecule has 0 radical (unpaired) electrons. The number of alkyl halides is 3. The Morgan fingerprint density at radius 1 is 1.38 bits per heavy atom. The number of carbonyl (C=O) groups is 1. The molecule has 1 aliphatic heterocycles. The first-order chi connectivity index (χ1) is 11.4. The molecule has 2 aromatic rings. The van der Waals surface area contributed by atoms with Crippen molar-refractivity contribution in [2.24, 2.45) is 0 Å². The molecule has 0 saturated carbocycles. The Morgan fingerprint density at radius 3 is 2.83 bits per heavy atom. The van der Waals surface area contributed by atoms with Gasteiger partial charge in [0.15, 0.2) is 5.69 Å². The average molecular weight is 340 g/mol. The van der Waals surface area contributed by atoms with Crippen LogP contribution >= 0.6 is 0 Å². The number of carbonyl (C=O) groups excluding carboxylic acids is 1. The van der Waals surface area contributed by atoms with E-state index in [0.717, 1.165) is 6.20 Å². The van der Waals surface area contributed by atoms with E-state index >= 15 is 0 Å². The molecule has 1 amide bonds. The van der Waals surface area contributed by atoms with Gasteiger partial charge in [0.2, 0.25) is 0 Å². The maximum absolute atomic E-state index is 12.7. The number of hydrogen-bond donors (Lipinski definition) is 2. The second-order valence-corrected chi connectivity index (χ2v) is 5.64. The van der Waals surface area contributed by atoms with Crippen molar-refractivity contribution in [1.82, 2.24) is 19.9 Å². The number of nitrogens with one attached hydrogen (secondary N) is 1. The number of halogens is 3. The molecular weight excluding hydrogens is 325 g/mol. The van der Waals surface area contributed by atoms with Gasteiger partial charge < -0.3 is 15.0 Å². The fraction of sp³-hybridized carbons (Fsp3) is 0.400. The zero-order valence-corrected chi connectivity index (χ0v) is 12.5. The van der Waals surface area contributed by atoms with Crippen molar-refractivity contribution < 1.29 is 23.1 Å². The van der Waals surface area contributed by atoms with E-state index in [1.54, 1.807) is 0 Å². The van der Waals surface area contributed by atoms with Crippen molar-refractivity contribution in [2.75, 3.05) is 13.1 Å². The van der Waals surface area contributed by atoms with Crippen molar-refractivity contribution in [3.05, 3.63) is 41.7 Å². The summed E-state index contributed by atoms with van der Waals surface area (Å²) < 4.78 is 38.0. The van der Waals surface area contributed by atoms with E-state index in [1.165, 1.54) is 23.2 Å². The summed E-state index contributed by atoms with van der Waals surface area (Å²) in [5, 5.41) is 9.73. The van der Waals surface area contributed by atoms with Crippen molar-refractivity contribution in [3.63, 3.8) is 0 Å². The standard InChI is InChI=1S/C15H15F3N4O2/c16-15(17,18)11-7-20-13(21-11)9-3-2-6-22(8-9)14(24)12-10(23)4-1-5-19-12/h1,4-5,7,9,23H,2-3,6,8H2,(H,20,21). The number of rotatable bonds is 2. The van der Waals surface area contributed by atoms with Gasteiger partial charge in [-0.2, -0.15) is 13.2 Å². The van der Waals surface area contributed by atoms with Crippen LogP contribution in [0, 0.1) is 0 Å². The Hall–Kier alpha value is -2.58. The summed E-state index contributed by atoms with van der Waals surface area (Å²) in [6, 6.07) is 2.87. The average Bonchev–Trinajstić information content (AvgIpc) is 3.05. The van der Waals surface area contributed by atoms with E-state index in [-0.39, 0.29) is 29.7 Å². The summed E-state index contributed by atoms with van der Waals surface area (Å²) in [6.45, 7) is 0.678. The molecule has 0 bridgehead atoms. The van der Waals surface area contributed by atoms with Crippen molar-refractivity contribution in [3.8, 4) is 5.75 Å². The summed E-state index contributed by atoms with van der Waals surface area (Å²) in [4.78, 5) is 23.9. The summed E-state index contributed by atoms with van der Waals surface area (Å²) >= 11 is 0. The highest BCUT2D eigenvalue weighted by molar-refractivity contribution is 5.94. The van der Waals surface area contributed by atoms with Crippen LogP contribution in [0.4, 0.5) is 13.2 Å². The SMILES string of the molecule is O=C(c1ncccc1O)N1CCCC(c2ncc(C(F)(F)F)[nH]2)C1. The van der Waals surface area contributed by atoms with E-state index in [1.807, 2.05) is 0 Å².